The van der Waals surface area contributed by atoms with Gasteiger partial charge in [-0.3, -0.25) is 9.59 Å². The summed E-state index contributed by atoms with van der Waals surface area (Å²) < 4.78 is 11.4. The van der Waals surface area contributed by atoms with Crippen LogP contribution in [0.15, 0.2) is 23.8 Å². The van der Waals surface area contributed by atoms with Gasteiger partial charge in [0.2, 0.25) is 0 Å². The van der Waals surface area contributed by atoms with Gasteiger partial charge in [0.05, 0.1) is 24.0 Å². The molecule has 0 bridgehead atoms. The van der Waals surface area contributed by atoms with Gasteiger partial charge >= 0.3 is 11.9 Å². The summed E-state index contributed by atoms with van der Waals surface area (Å²) >= 11 is 0. The predicted molar refractivity (Wildman–Crippen MR) is 112 cm³/mol. The maximum Gasteiger partial charge on any atom is 0.308 e. The lowest BCUT2D eigenvalue weighted by atomic mass is 9.64. The highest BCUT2D eigenvalue weighted by atomic mass is 16.6. The van der Waals surface area contributed by atoms with Crippen molar-refractivity contribution >= 4 is 11.9 Å². The Kier molecular flexibility index (Phi) is 7.08. The van der Waals surface area contributed by atoms with E-state index in [1.807, 2.05) is 26.0 Å². The van der Waals surface area contributed by atoms with Gasteiger partial charge in [-0.15, -0.1) is 0 Å². The molecule has 1 aliphatic heterocycles. The predicted octanol–water partition coefficient (Wildman–Crippen LogP) is 3.31. The van der Waals surface area contributed by atoms with Gasteiger partial charge < -0.3 is 19.7 Å². The molecule has 0 aromatic heterocycles. The molecular weight excluding hydrogens is 384 g/mol. The van der Waals surface area contributed by atoms with Crippen molar-refractivity contribution in [1.29, 1.82) is 0 Å². The highest BCUT2D eigenvalue weighted by Crippen LogP contribution is 2.46. The average molecular weight is 421 g/mol. The molecule has 0 saturated carbocycles. The van der Waals surface area contributed by atoms with Crippen LogP contribution in [0.5, 0.6) is 0 Å². The van der Waals surface area contributed by atoms with Crippen LogP contribution >= 0.6 is 0 Å². The fraction of sp³-hybridized carbons (Fsp3) is 0.750. The Morgan fingerprint density at radius 2 is 2.13 bits per heavy atom. The number of fused-ring (bicyclic) bond motifs is 1. The van der Waals surface area contributed by atoms with E-state index >= 15 is 0 Å². The van der Waals surface area contributed by atoms with E-state index in [2.05, 4.69) is 13.0 Å². The van der Waals surface area contributed by atoms with E-state index in [0.717, 1.165) is 12.0 Å². The maximum absolute atomic E-state index is 12.6. The molecule has 0 spiro atoms. The van der Waals surface area contributed by atoms with E-state index in [4.69, 9.17) is 9.47 Å². The number of rotatable bonds is 6. The molecule has 1 fully saturated rings. The molecule has 0 radical (unpaired) electrons. The van der Waals surface area contributed by atoms with Crippen molar-refractivity contribution in [3.63, 3.8) is 0 Å². The lowest BCUT2D eigenvalue weighted by Gasteiger charge is -2.45. The number of carbonyl (C=O) groups is 2. The van der Waals surface area contributed by atoms with Crippen molar-refractivity contribution in [3.05, 3.63) is 23.8 Å². The third kappa shape index (κ3) is 5.33. The zero-order chi connectivity index (χ0) is 22.1. The van der Waals surface area contributed by atoms with E-state index in [9.17, 15) is 19.8 Å². The van der Waals surface area contributed by atoms with Crippen molar-refractivity contribution in [2.45, 2.75) is 90.1 Å². The molecule has 168 valence electrons. The molecule has 2 unspecified atom stereocenters. The summed E-state index contributed by atoms with van der Waals surface area (Å²) in [4.78, 5) is 24.2. The van der Waals surface area contributed by atoms with Crippen LogP contribution in [0.4, 0.5) is 0 Å². The number of allylic oxidation sites excluding steroid dienone is 2. The number of aliphatic hydroxyl groups is 2. The summed E-state index contributed by atoms with van der Waals surface area (Å²) in [6, 6.07) is 0. The third-order valence-electron chi connectivity index (χ3n) is 6.95. The van der Waals surface area contributed by atoms with Crippen LogP contribution in [-0.2, 0) is 19.1 Å². The van der Waals surface area contributed by atoms with Crippen molar-refractivity contribution in [3.8, 4) is 0 Å². The molecule has 2 N–H and O–H groups in total. The van der Waals surface area contributed by atoms with Crippen LogP contribution in [0.3, 0.4) is 0 Å². The van der Waals surface area contributed by atoms with E-state index in [1.165, 1.54) is 0 Å². The zero-order valence-corrected chi connectivity index (χ0v) is 18.5. The third-order valence-corrected chi connectivity index (χ3v) is 6.95. The Morgan fingerprint density at radius 1 is 1.40 bits per heavy atom. The summed E-state index contributed by atoms with van der Waals surface area (Å²) in [6.07, 6.45) is 7.86. The first kappa shape index (κ1) is 23.0. The monoisotopic (exact) mass is 420 g/mol. The average Bonchev–Trinajstić information content (AvgIpc) is 2.65. The van der Waals surface area contributed by atoms with Gasteiger partial charge in [0.1, 0.15) is 12.2 Å². The second-order valence-corrected chi connectivity index (χ2v) is 9.68. The molecule has 6 nitrogen and oxygen atoms in total. The molecule has 30 heavy (non-hydrogen) atoms. The fourth-order valence-corrected chi connectivity index (χ4v) is 5.08. The maximum atomic E-state index is 12.6. The van der Waals surface area contributed by atoms with Crippen LogP contribution in [-0.4, -0.2) is 46.1 Å². The number of aliphatic hydroxyl groups excluding tert-OH is 1. The Morgan fingerprint density at radius 3 is 2.80 bits per heavy atom. The molecule has 1 heterocycles. The van der Waals surface area contributed by atoms with E-state index in [1.54, 1.807) is 6.92 Å². The van der Waals surface area contributed by atoms with Gasteiger partial charge in [0.15, 0.2) is 0 Å². The first-order chi connectivity index (χ1) is 14.1. The number of esters is 2. The summed E-state index contributed by atoms with van der Waals surface area (Å²) in [5.41, 5.74) is -0.0120. The standard InChI is InChI=1S/C24H36O6/c1-5-14(2)23(27)30-20-13-24(4,28)12-16-7-6-15(3)19(22(16)20)9-8-18-10-17(25)11-21(26)29-18/h6-7,12,14-15,17-20,22,25,28H,5,8-11,13H2,1-4H3/t14?,15-,17+,18+,19-,20-,22?,24+/m0/s1. The zero-order valence-electron chi connectivity index (χ0n) is 18.5. The highest BCUT2D eigenvalue weighted by molar-refractivity contribution is 5.72. The summed E-state index contributed by atoms with van der Waals surface area (Å²) in [5.74, 6) is -0.270. The summed E-state index contributed by atoms with van der Waals surface area (Å²) in [5, 5.41) is 20.6. The molecule has 6 heteroatoms. The number of hydrogen-bond acceptors (Lipinski definition) is 6. The van der Waals surface area contributed by atoms with Gasteiger partial charge in [0.25, 0.3) is 0 Å². The second kappa shape index (κ2) is 9.23. The molecule has 3 aliphatic rings. The minimum atomic E-state index is -1.02. The minimum Gasteiger partial charge on any atom is -0.462 e. The van der Waals surface area contributed by atoms with Crippen LogP contribution in [0.2, 0.25) is 0 Å². The number of hydrogen-bond donors (Lipinski definition) is 2. The molecule has 0 aromatic rings. The number of cyclic esters (lactones) is 1. The Hall–Kier alpha value is -1.66. The van der Waals surface area contributed by atoms with Gasteiger partial charge in [-0.05, 0) is 49.7 Å². The fourth-order valence-electron chi connectivity index (χ4n) is 5.08. The smallest absolute Gasteiger partial charge is 0.308 e. The van der Waals surface area contributed by atoms with Gasteiger partial charge in [-0.2, -0.15) is 0 Å². The summed E-state index contributed by atoms with van der Waals surface area (Å²) in [7, 11) is 0. The van der Waals surface area contributed by atoms with Gasteiger partial charge in [0, 0.05) is 18.8 Å². The van der Waals surface area contributed by atoms with Crippen LogP contribution in [0, 0.1) is 23.7 Å². The van der Waals surface area contributed by atoms with Crippen molar-refractivity contribution in [2.75, 3.05) is 0 Å². The van der Waals surface area contributed by atoms with Gasteiger partial charge in [-0.1, -0.05) is 32.9 Å². The number of ether oxygens (including phenoxy) is 2. The van der Waals surface area contributed by atoms with Crippen molar-refractivity contribution < 1.29 is 29.3 Å². The van der Waals surface area contributed by atoms with Crippen molar-refractivity contribution in [1.82, 2.24) is 0 Å². The molecule has 8 atom stereocenters. The van der Waals surface area contributed by atoms with Gasteiger partial charge in [-0.25, -0.2) is 0 Å². The summed E-state index contributed by atoms with van der Waals surface area (Å²) in [6.45, 7) is 7.73. The number of carbonyl (C=O) groups excluding carboxylic acids is 2. The largest absolute Gasteiger partial charge is 0.462 e. The lowest BCUT2D eigenvalue weighted by Crippen LogP contribution is -2.46. The molecule has 1 saturated heterocycles. The topological polar surface area (TPSA) is 93.1 Å². The highest BCUT2D eigenvalue weighted by Gasteiger charge is 2.45. The van der Waals surface area contributed by atoms with Crippen LogP contribution < -0.4 is 0 Å². The molecule has 0 amide bonds. The van der Waals surface area contributed by atoms with E-state index in [-0.39, 0.29) is 48.1 Å². The van der Waals surface area contributed by atoms with E-state index < -0.39 is 17.8 Å². The second-order valence-electron chi connectivity index (χ2n) is 9.68. The van der Waals surface area contributed by atoms with E-state index in [0.29, 0.717) is 25.7 Å². The molecule has 3 rings (SSSR count). The van der Waals surface area contributed by atoms with Crippen LogP contribution in [0.1, 0.15) is 66.2 Å². The first-order valence-corrected chi connectivity index (χ1v) is 11.3. The SMILES string of the molecule is CCC(C)C(=O)O[C@H]1C[C@](C)(O)C=C2C=C[C@H](C)[C@H](CC[C@@H]3C[C@@H](O)CC(=O)O3)C21. The molecule has 2 aliphatic carbocycles. The van der Waals surface area contributed by atoms with Crippen LogP contribution in [0.25, 0.3) is 0 Å². The Balaban J connectivity index is 1.79. The minimum absolute atomic E-state index is 0.00227. The quantitative estimate of drug-likeness (QED) is 0.641. The molecule has 0 aromatic carbocycles. The normalized spacial score (nSPS) is 39.5. The van der Waals surface area contributed by atoms with Crippen molar-refractivity contribution in [2.24, 2.45) is 23.7 Å². The molecular formula is C24H36O6. The Bertz CT molecular complexity index is 708. The Labute approximate surface area is 179 Å². The first-order valence-electron chi connectivity index (χ1n) is 11.3. The lowest BCUT2D eigenvalue weighted by molar-refractivity contribution is -0.163.